The van der Waals surface area contributed by atoms with E-state index in [-0.39, 0.29) is 10.4 Å². The standard InChI is InChI=1S/C13H22N4O4S/c1-13(2)6-10(8-17(13)12(18)19)4-3-5-16-9-11(7-15-16)22(14,20)21/h7,9-10H,3-6,8H2,1-2H3,(H,18,19)(H2,14,20,21). The van der Waals surface area contributed by atoms with Crippen LogP contribution in [0.1, 0.15) is 33.1 Å². The van der Waals surface area contributed by atoms with Crippen molar-refractivity contribution in [2.75, 3.05) is 6.54 Å². The molecule has 1 aliphatic heterocycles. The molecule has 1 amide bonds. The third-order valence-corrected chi connectivity index (χ3v) is 5.00. The van der Waals surface area contributed by atoms with Crippen LogP contribution in [0.2, 0.25) is 0 Å². The summed E-state index contributed by atoms with van der Waals surface area (Å²) in [4.78, 5) is 12.7. The summed E-state index contributed by atoms with van der Waals surface area (Å²) in [5, 5.41) is 18.2. The van der Waals surface area contributed by atoms with Crippen LogP contribution in [0.3, 0.4) is 0 Å². The fourth-order valence-electron chi connectivity index (χ4n) is 3.07. The lowest BCUT2D eigenvalue weighted by molar-refractivity contribution is 0.117. The van der Waals surface area contributed by atoms with Gasteiger partial charge < -0.3 is 10.0 Å². The number of hydrogen-bond acceptors (Lipinski definition) is 4. The van der Waals surface area contributed by atoms with Gasteiger partial charge in [-0.25, -0.2) is 18.4 Å². The van der Waals surface area contributed by atoms with Gasteiger partial charge in [-0.1, -0.05) is 0 Å². The van der Waals surface area contributed by atoms with Crippen LogP contribution >= 0.6 is 0 Å². The molecule has 1 aliphatic rings. The van der Waals surface area contributed by atoms with Crippen LogP contribution in [-0.4, -0.2) is 46.4 Å². The first-order chi connectivity index (χ1) is 10.1. The van der Waals surface area contributed by atoms with Gasteiger partial charge in [-0.05, 0) is 39.0 Å². The van der Waals surface area contributed by atoms with Gasteiger partial charge in [0.1, 0.15) is 4.90 Å². The molecular formula is C13H22N4O4S. The molecule has 0 bridgehead atoms. The highest BCUT2D eigenvalue weighted by atomic mass is 32.2. The van der Waals surface area contributed by atoms with Crippen LogP contribution in [0.25, 0.3) is 0 Å². The number of nitrogens with zero attached hydrogens (tertiary/aromatic N) is 3. The van der Waals surface area contributed by atoms with Crippen LogP contribution in [0, 0.1) is 5.92 Å². The normalized spacial score (nSPS) is 21.2. The molecular weight excluding hydrogens is 308 g/mol. The molecule has 124 valence electrons. The van der Waals surface area contributed by atoms with Crippen molar-refractivity contribution >= 4 is 16.1 Å². The third kappa shape index (κ3) is 3.77. The quantitative estimate of drug-likeness (QED) is 0.837. The predicted molar refractivity (Wildman–Crippen MR) is 79.8 cm³/mol. The van der Waals surface area contributed by atoms with Crippen molar-refractivity contribution < 1.29 is 18.3 Å². The molecule has 0 spiro atoms. The maximum Gasteiger partial charge on any atom is 0.407 e. The van der Waals surface area contributed by atoms with E-state index < -0.39 is 16.1 Å². The largest absolute Gasteiger partial charge is 0.465 e. The van der Waals surface area contributed by atoms with Gasteiger partial charge in [-0.15, -0.1) is 0 Å². The fraction of sp³-hybridized carbons (Fsp3) is 0.692. The molecule has 0 saturated carbocycles. The van der Waals surface area contributed by atoms with Crippen LogP contribution in [0.4, 0.5) is 4.79 Å². The SMILES string of the molecule is CC1(C)CC(CCCn2cc(S(N)(=O)=O)cn2)CN1C(=O)O. The lowest BCUT2D eigenvalue weighted by Crippen LogP contribution is -2.41. The molecule has 2 rings (SSSR count). The monoisotopic (exact) mass is 330 g/mol. The molecule has 1 aromatic rings. The van der Waals surface area contributed by atoms with Gasteiger partial charge in [0.15, 0.2) is 0 Å². The summed E-state index contributed by atoms with van der Waals surface area (Å²) in [5.74, 6) is 0.319. The van der Waals surface area contributed by atoms with E-state index in [1.165, 1.54) is 17.3 Å². The fourth-order valence-corrected chi connectivity index (χ4v) is 3.54. The minimum Gasteiger partial charge on any atom is -0.465 e. The van der Waals surface area contributed by atoms with E-state index in [1.54, 1.807) is 4.68 Å². The number of nitrogens with two attached hydrogens (primary N) is 1. The maximum absolute atomic E-state index is 11.2. The van der Waals surface area contributed by atoms with E-state index in [9.17, 15) is 18.3 Å². The van der Waals surface area contributed by atoms with E-state index in [2.05, 4.69) is 5.10 Å². The van der Waals surface area contributed by atoms with Crippen molar-refractivity contribution in [3.63, 3.8) is 0 Å². The summed E-state index contributed by atoms with van der Waals surface area (Å²) in [6.45, 7) is 5.00. The van der Waals surface area contributed by atoms with Gasteiger partial charge in [0, 0.05) is 24.8 Å². The van der Waals surface area contributed by atoms with Crippen LogP contribution in [0.15, 0.2) is 17.3 Å². The number of aromatic nitrogens is 2. The molecule has 3 N–H and O–H groups in total. The van der Waals surface area contributed by atoms with E-state index in [4.69, 9.17) is 5.14 Å². The number of aryl methyl sites for hydroxylation is 1. The second kappa shape index (κ2) is 5.88. The molecule has 0 aromatic carbocycles. The highest BCUT2D eigenvalue weighted by Crippen LogP contribution is 2.34. The number of sulfonamides is 1. The van der Waals surface area contributed by atoms with Crippen molar-refractivity contribution in [3.05, 3.63) is 12.4 Å². The van der Waals surface area contributed by atoms with Gasteiger partial charge in [-0.2, -0.15) is 5.10 Å². The van der Waals surface area contributed by atoms with Crippen LogP contribution < -0.4 is 5.14 Å². The Morgan fingerprint density at radius 3 is 2.73 bits per heavy atom. The first-order valence-corrected chi connectivity index (χ1v) is 8.70. The molecule has 22 heavy (non-hydrogen) atoms. The van der Waals surface area contributed by atoms with E-state index >= 15 is 0 Å². The van der Waals surface area contributed by atoms with Crippen LogP contribution in [-0.2, 0) is 16.6 Å². The Morgan fingerprint density at radius 2 is 2.23 bits per heavy atom. The Hall–Kier alpha value is -1.61. The Morgan fingerprint density at radius 1 is 1.55 bits per heavy atom. The van der Waals surface area contributed by atoms with Crippen molar-refractivity contribution in [1.82, 2.24) is 14.7 Å². The zero-order chi connectivity index (χ0) is 16.5. The zero-order valence-corrected chi connectivity index (χ0v) is 13.6. The average Bonchev–Trinajstić information content (AvgIpc) is 2.93. The minimum absolute atomic E-state index is 0.00607. The molecule has 1 fully saturated rings. The van der Waals surface area contributed by atoms with Gasteiger partial charge in [0.05, 0.1) is 6.20 Å². The van der Waals surface area contributed by atoms with Crippen molar-refractivity contribution in [3.8, 4) is 0 Å². The number of carbonyl (C=O) groups is 1. The van der Waals surface area contributed by atoms with E-state index in [0.29, 0.717) is 19.0 Å². The highest BCUT2D eigenvalue weighted by Gasteiger charge is 2.40. The van der Waals surface area contributed by atoms with Gasteiger partial charge in [-0.3, -0.25) is 4.68 Å². The molecule has 8 nitrogen and oxygen atoms in total. The molecule has 0 radical (unpaired) electrons. The lowest BCUT2D eigenvalue weighted by atomic mass is 9.93. The number of rotatable bonds is 5. The number of amides is 1. The summed E-state index contributed by atoms with van der Waals surface area (Å²) in [6, 6.07) is 0. The molecule has 9 heteroatoms. The molecule has 1 unspecified atom stereocenters. The first kappa shape index (κ1) is 16.8. The van der Waals surface area contributed by atoms with Gasteiger partial charge >= 0.3 is 6.09 Å². The topological polar surface area (TPSA) is 119 Å². The number of carboxylic acid groups (broad SMARTS) is 1. The first-order valence-electron chi connectivity index (χ1n) is 7.15. The van der Waals surface area contributed by atoms with Crippen molar-refractivity contribution in [2.45, 2.75) is 50.1 Å². The van der Waals surface area contributed by atoms with Gasteiger partial charge in [0.25, 0.3) is 0 Å². The van der Waals surface area contributed by atoms with Crippen molar-refractivity contribution in [1.29, 1.82) is 0 Å². The Balaban J connectivity index is 1.85. The molecule has 1 atom stereocenters. The summed E-state index contributed by atoms with van der Waals surface area (Å²) in [6.07, 6.45) is 4.29. The number of hydrogen-bond donors (Lipinski definition) is 2. The summed E-state index contributed by atoms with van der Waals surface area (Å²) in [7, 11) is -3.71. The smallest absolute Gasteiger partial charge is 0.407 e. The number of primary sulfonamides is 1. The second-order valence-electron chi connectivity index (χ2n) is 6.40. The summed E-state index contributed by atoms with van der Waals surface area (Å²) < 4.78 is 23.9. The van der Waals surface area contributed by atoms with Crippen LogP contribution in [0.5, 0.6) is 0 Å². The molecule has 1 saturated heterocycles. The zero-order valence-electron chi connectivity index (χ0n) is 12.8. The van der Waals surface area contributed by atoms with Gasteiger partial charge in [0.2, 0.25) is 10.0 Å². The van der Waals surface area contributed by atoms with Crippen molar-refractivity contribution in [2.24, 2.45) is 11.1 Å². The Bertz CT molecular complexity index is 653. The molecule has 0 aliphatic carbocycles. The summed E-state index contributed by atoms with van der Waals surface area (Å²) in [5.41, 5.74) is -0.330. The lowest BCUT2D eigenvalue weighted by Gasteiger charge is -2.28. The molecule has 2 heterocycles. The third-order valence-electron chi connectivity index (χ3n) is 4.13. The average molecular weight is 330 g/mol. The highest BCUT2D eigenvalue weighted by molar-refractivity contribution is 7.89. The Labute approximate surface area is 129 Å². The van der Waals surface area contributed by atoms with E-state index in [0.717, 1.165) is 19.3 Å². The number of likely N-dealkylation sites (tertiary alicyclic amines) is 1. The minimum atomic E-state index is -3.71. The summed E-state index contributed by atoms with van der Waals surface area (Å²) >= 11 is 0. The Kier molecular flexibility index (Phi) is 4.48. The van der Waals surface area contributed by atoms with E-state index in [1.807, 2.05) is 13.8 Å². The second-order valence-corrected chi connectivity index (χ2v) is 7.96. The molecule has 1 aromatic heterocycles. The maximum atomic E-state index is 11.2. The predicted octanol–water partition coefficient (Wildman–Crippen LogP) is 1.09.